The van der Waals surface area contributed by atoms with Crippen LogP contribution >= 0.6 is 0 Å². The van der Waals surface area contributed by atoms with Crippen LogP contribution < -0.4 is 14.2 Å². The Bertz CT molecular complexity index is 2260. The molecule has 0 amide bonds. The number of hydrogen-bond acceptors (Lipinski definition) is 9. The van der Waals surface area contributed by atoms with Gasteiger partial charge >= 0.3 is 17.9 Å². The van der Waals surface area contributed by atoms with Gasteiger partial charge in [-0.3, -0.25) is 4.68 Å². The fourth-order valence-electron chi connectivity index (χ4n) is 6.53. The Labute approximate surface area is 323 Å². The van der Waals surface area contributed by atoms with Gasteiger partial charge in [0.1, 0.15) is 23.9 Å². The number of ether oxygens (including phenoxy) is 5. The lowest BCUT2D eigenvalue weighted by atomic mass is 9.96. The maximum atomic E-state index is 12.8. The largest absolute Gasteiger partial charge is 0.496 e. The lowest BCUT2D eigenvalue weighted by Crippen LogP contribution is -2.15. The van der Waals surface area contributed by atoms with E-state index in [1.54, 1.807) is 60.8 Å². The lowest BCUT2D eigenvalue weighted by molar-refractivity contribution is -0.132. The van der Waals surface area contributed by atoms with Gasteiger partial charge in [-0.1, -0.05) is 55.8 Å². The van der Waals surface area contributed by atoms with Crippen molar-refractivity contribution >= 4 is 24.0 Å². The Morgan fingerprint density at radius 3 is 2.38 bits per heavy atom. The summed E-state index contributed by atoms with van der Waals surface area (Å²) in [6, 6.07) is 22.3. The molecule has 3 N–H and O–H groups in total. The van der Waals surface area contributed by atoms with E-state index < -0.39 is 17.9 Å². The molecule has 1 aromatic heterocycles. The smallest absolute Gasteiger partial charge is 0.336 e. The average Bonchev–Trinajstić information content (AvgIpc) is 3.61. The minimum absolute atomic E-state index is 0.00448. The molecule has 1 aliphatic heterocycles. The van der Waals surface area contributed by atoms with Gasteiger partial charge in [0.2, 0.25) is 0 Å². The van der Waals surface area contributed by atoms with Crippen molar-refractivity contribution < 1.29 is 53.4 Å². The van der Waals surface area contributed by atoms with E-state index in [1.807, 2.05) is 22.9 Å². The van der Waals surface area contributed by atoms with Crippen LogP contribution in [0.4, 0.5) is 0 Å². The molecule has 0 aliphatic carbocycles. The maximum Gasteiger partial charge on any atom is 0.336 e. The van der Waals surface area contributed by atoms with Crippen LogP contribution in [0.2, 0.25) is 0 Å². The van der Waals surface area contributed by atoms with Crippen molar-refractivity contribution in [1.29, 1.82) is 0 Å². The number of carbonyl (C=O) groups is 3. The summed E-state index contributed by atoms with van der Waals surface area (Å²) in [6.45, 7) is 3.00. The highest BCUT2D eigenvalue weighted by atomic mass is 16.7. The molecule has 0 radical (unpaired) electrons. The quantitative estimate of drug-likeness (QED) is 0.0746. The number of aryl methyl sites for hydroxylation is 1. The third-order valence-corrected chi connectivity index (χ3v) is 9.38. The predicted octanol–water partition coefficient (Wildman–Crippen LogP) is 7.63. The van der Waals surface area contributed by atoms with Gasteiger partial charge in [0.05, 0.1) is 49.9 Å². The minimum Gasteiger partial charge on any atom is -0.496 e. The van der Waals surface area contributed by atoms with Gasteiger partial charge in [0.15, 0.2) is 6.79 Å². The molecule has 0 fully saturated rings. The topological polar surface area (TPSA) is 176 Å². The standard InChI is InChI=1S/C43H42N2O11/c1-3-4-17-45-40(31(21-44-45)19-30(41(46)47)20-35-36-25-54-26-56-39(36)16-15-37(35)52-2)33-11-7-8-12-38(33)55-22-27-13-14-29(34(18-27)43(50)51)24-53-23-28-9-5-6-10-32(28)42(48)49/h5-16,18-19,21H,3-4,17,20,22-26H2,1-2H3,(H,46,47)(H,48,49)(H,50,51). The molecule has 4 aromatic carbocycles. The third kappa shape index (κ3) is 9.08. The normalized spacial score (nSPS) is 12.4. The maximum absolute atomic E-state index is 12.8. The molecule has 0 unspecified atom stereocenters. The van der Waals surface area contributed by atoms with Crippen molar-refractivity contribution in [3.63, 3.8) is 0 Å². The first-order chi connectivity index (χ1) is 27.2. The molecule has 5 aromatic rings. The highest BCUT2D eigenvalue weighted by molar-refractivity contribution is 5.94. The Hall–Kier alpha value is -6.44. The molecule has 0 atom stereocenters. The fourth-order valence-corrected chi connectivity index (χ4v) is 6.53. The number of unbranched alkanes of at least 4 members (excludes halogenated alkanes) is 1. The SMILES string of the molecule is CCCCn1ncc(C=C(Cc2c(OC)ccc3c2COCO3)C(=O)O)c1-c1ccccc1OCc1ccc(COCc2ccccc2C(=O)O)c(C(=O)O)c1. The van der Waals surface area contributed by atoms with E-state index in [1.165, 1.54) is 19.2 Å². The minimum atomic E-state index is -1.14. The van der Waals surface area contributed by atoms with Crippen LogP contribution in [0.5, 0.6) is 17.2 Å². The van der Waals surface area contributed by atoms with Gasteiger partial charge in [0.25, 0.3) is 0 Å². The van der Waals surface area contributed by atoms with E-state index in [0.717, 1.165) is 18.4 Å². The summed E-state index contributed by atoms with van der Waals surface area (Å²) in [5, 5.41) is 34.6. The zero-order valence-electron chi connectivity index (χ0n) is 31.0. The fraction of sp³-hybridized carbons (Fsp3) is 0.256. The van der Waals surface area contributed by atoms with Crippen LogP contribution in [-0.4, -0.2) is 56.9 Å². The molecule has 290 valence electrons. The highest BCUT2D eigenvalue weighted by Gasteiger charge is 2.24. The second kappa shape index (κ2) is 18.3. The van der Waals surface area contributed by atoms with Gasteiger partial charge in [0, 0.05) is 40.8 Å². The number of aliphatic carboxylic acids is 1. The molecule has 0 bridgehead atoms. The van der Waals surface area contributed by atoms with Crippen LogP contribution in [0.1, 0.15) is 73.9 Å². The van der Waals surface area contributed by atoms with Crippen molar-refractivity contribution in [3.8, 4) is 28.5 Å². The lowest BCUT2D eigenvalue weighted by Gasteiger charge is -2.22. The summed E-state index contributed by atoms with van der Waals surface area (Å²) in [7, 11) is 1.53. The van der Waals surface area contributed by atoms with E-state index >= 15 is 0 Å². The number of methoxy groups -OCH3 is 1. The van der Waals surface area contributed by atoms with Crippen LogP contribution in [0.15, 0.2) is 90.6 Å². The van der Waals surface area contributed by atoms with E-state index in [-0.39, 0.29) is 56.3 Å². The van der Waals surface area contributed by atoms with E-state index in [4.69, 9.17) is 23.7 Å². The van der Waals surface area contributed by atoms with Crippen molar-refractivity contribution in [2.24, 2.45) is 0 Å². The molecule has 0 saturated heterocycles. The predicted molar refractivity (Wildman–Crippen MR) is 205 cm³/mol. The van der Waals surface area contributed by atoms with Gasteiger partial charge in [-0.2, -0.15) is 5.10 Å². The van der Waals surface area contributed by atoms with E-state index in [2.05, 4.69) is 12.0 Å². The summed E-state index contributed by atoms with van der Waals surface area (Å²) in [4.78, 5) is 36.7. The second-order valence-corrected chi connectivity index (χ2v) is 13.0. The van der Waals surface area contributed by atoms with Crippen molar-refractivity contribution in [2.75, 3.05) is 13.9 Å². The van der Waals surface area contributed by atoms with Crippen molar-refractivity contribution in [1.82, 2.24) is 9.78 Å². The molecular weight excluding hydrogens is 720 g/mol. The number of fused-ring (bicyclic) bond motifs is 1. The summed E-state index contributed by atoms with van der Waals surface area (Å²) < 4.78 is 30.7. The van der Waals surface area contributed by atoms with Gasteiger partial charge in [-0.05, 0) is 65.6 Å². The van der Waals surface area contributed by atoms with Crippen molar-refractivity contribution in [2.45, 2.75) is 59.2 Å². The Morgan fingerprint density at radius 1 is 0.875 bits per heavy atom. The number of benzene rings is 4. The molecule has 56 heavy (non-hydrogen) atoms. The van der Waals surface area contributed by atoms with Crippen LogP contribution in [0.3, 0.4) is 0 Å². The van der Waals surface area contributed by atoms with Gasteiger partial charge in [-0.25, -0.2) is 14.4 Å². The van der Waals surface area contributed by atoms with Crippen LogP contribution in [-0.2, 0) is 53.7 Å². The van der Waals surface area contributed by atoms with Crippen LogP contribution in [0, 0.1) is 0 Å². The second-order valence-electron chi connectivity index (χ2n) is 13.0. The number of rotatable bonds is 18. The monoisotopic (exact) mass is 762 g/mol. The zero-order valence-corrected chi connectivity index (χ0v) is 31.0. The average molecular weight is 763 g/mol. The molecule has 2 heterocycles. The molecule has 1 aliphatic rings. The Kier molecular flexibility index (Phi) is 12.8. The number of hydrogen-bond donors (Lipinski definition) is 3. The number of para-hydroxylation sites is 1. The first kappa shape index (κ1) is 39.3. The summed E-state index contributed by atoms with van der Waals surface area (Å²) in [5.74, 6) is -1.68. The molecule has 13 heteroatoms. The summed E-state index contributed by atoms with van der Waals surface area (Å²) in [6.07, 6.45) is 5.05. The Morgan fingerprint density at radius 2 is 1.62 bits per heavy atom. The summed E-state index contributed by atoms with van der Waals surface area (Å²) in [5.41, 5.74) is 5.08. The van der Waals surface area contributed by atoms with E-state index in [9.17, 15) is 29.7 Å². The molecule has 13 nitrogen and oxygen atoms in total. The number of aromatic nitrogens is 2. The van der Waals surface area contributed by atoms with Crippen LogP contribution in [0.25, 0.3) is 17.3 Å². The number of nitrogens with zero attached hydrogens (tertiary/aromatic N) is 2. The number of carboxylic acid groups (broad SMARTS) is 3. The first-order valence-electron chi connectivity index (χ1n) is 18.0. The third-order valence-electron chi connectivity index (χ3n) is 9.38. The van der Waals surface area contributed by atoms with Gasteiger partial charge < -0.3 is 39.0 Å². The first-order valence-corrected chi connectivity index (χ1v) is 18.0. The number of aromatic carboxylic acids is 2. The Balaban J connectivity index is 1.27. The molecule has 0 spiro atoms. The van der Waals surface area contributed by atoms with E-state index in [0.29, 0.717) is 62.9 Å². The molecule has 6 rings (SSSR count). The summed E-state index contributed by atoms with van der Waals surface area (Å²) >= 11 is 0. The zero-order chi connectivity index (χ0) is 39.6. The number of carboxylic acids is 3. The van der Waals surface area contributed by atoms with Gasteiger partial charge in [-0.15, -0.1) is 0 Å². The van der Waals surface area contributed by atoms with Crippen molar-refractivity contribution in [3.05, 3.63) is 135 Å². The highest BCUT2D eigenvalue weighted by Crippen LogP contribution is 2.37. The molecule has 0 saturated carbocycles. The molecular formula is C43H42N2O11.